The van der Waals surface area contributed by atoms with E-state index in [2.05, 4.69) is 15.9 Å². The van der Waals surface area contributed by atoms with Gasteiger partial charge in [0.1, 0.15) is 23.5 Å². The molecule has 1 heterocycles. The number of nitrogens with zero attached hydrogens (tertiary/aromatic N) is 1. The molecule has 2 rings (SSSR count). The molecule has 0 saturated carbocycles. The van der Waals surface area contributed by atoms with Gasteiger partial charge in [-0.3, -0.25) is 4.90 Å². The Kier molecular flexibility index (Phi) is 5.42. The van der Waals surface area contributed by atoms with Crippen LogP contribution in [0.4, 0.5) is 4.79 Å². The van der Waals surface area contributed by atoms with Crippen molar-refractivity contribution >= 4 is 28.0 Å². The summed E-state index contributed by atoms with van der Waals surface area (Å²) >= 11 is 3.42. The maximum atomic E-state index is 12.3. The summed E-state index contributed by atoms with van der Waals surface area (Å²) in [5.74, 6) is -0.408. The van der Waals surface area contributed by atoms with Crippen molar-refractivity contribution in [3.63, 3.8) is 0 Å². The van der Waals surface area contributed by atoms with Crippen molar-refractivity contribution in [3.05, 3.63) is 28.2 Å². The predicted molar refractivity (Wildman–Crippen MR) is 92.3 cm³/mol. The Morgan fingerprint density at radius 1 is 1.33 bits per heavy atom. The van der Waals surface area contributed by atoms with Gasteiger partial charge < -0.3 is 14.6 Å². The van der Waals surface area contributed by atoms with Gasteiger partial charge >= 0.3 is 12.1 Å². The highest BCUT2D eigenvalue weighted by atomic mass is 79.9. The third-order valence-electron chi connectivity index (χ3n) is 3.61. The molecule has 24 heavy (non-hydrogen) atoms. The van der Waals surface area contributed by atoms with E-state index in [9.17, 15) is 14.7 Å². The molecular formula is C17H22BrNO5. The van der Waals surface area contributed by atoms with Gasteiger partial charge in [0.2, 0.25) is 0 Å². The highest BCUT2D eigenvalue weighted by molar-refractivity contribution is 9.10. The van der Waals surface area contributed by atoms with Crippen molar-refractivity contribution in [2.75, 3.05) is 6.54 Å². The molecule has 0 spiro atoms. The second-order valence-corrected chi connectivity index (χ2v) is 7.73. The van der Waals surface area contributed by atoms with E-state index in [0.29, 0.717) is 5.75 Å². The summed E-state index contributed by atoms with van der Waals surface area (Å²) in [5.41, 5.74) is 0.339. The molecule has 1 fully saturated rings. The molecule has 2 atom stereocenters. The van der Waals surface area contributed by atoms with Gasteiger partial charge in [0, 0.05) is 10.9 Å². The molecule has 0 aromatic heterocycles. The van der Waals surface area contributed by atoms with Crippen molar-refractivity contribution in [2.45, 2.75) is 51.9 Å². The number of carbonyl (C=O) groups excluding carboxylic acids is 1. The molecule has 1 aromatic carbocycles. The molecule has 1 amide bonds. The lowest BCUT2D eigenvalue weighted by Gasteiger charge is -2.26. The Labute approximate surface area is 149 Å². The fourth-order valence-electron chi connectivity index (χ4n) is 2.52. The van der Waals surface area contributed by atoms with Crippen LogP contribution in [0.25, 0.3) is 0 Å². The number of carboxylic acid groups (broad SMARTS) is 1. The lowest BCUT2D eigenvalue weighted by atomic mass is 10.2. The van der Waals surface area contributed by atoms with Crippen LogP contribution in [0.1, 0.15) is 32.8 Å². The Hall–Kier alpha value is -1.76. The third kappa shape index (κ3) is 4.63. The van der Waals surface area contributed by atoms with Crippen LogP contribution in [-0.2, 0) is 9.53 Å². The molecule has 1 aliphatic rings. The summed E-state index contributed by atoms with van der Waals surface area (Å²) < 4.78 is 12.1. The standard InChI is InChI=1S/C17H22BrNO5/c1-10-7-11(5-6-13(10)18)23-12-8-14(15(20)21)19(9-12)16(22)24-17(2,3)4/h5-7,12,14H,8-9H2,1-4H3,(H,20,21)/t12-,14+/m1/s1. The maximum Gasteiger partial charge on any atom is 0.411 e. The largest absolute Gasteiger partial charge is 0.488 e. The molecule has 1 saturated heterocycles. The lowest BCUT2D eigenvalue weighted by Crippen LogP contribution is -2.43. The highest BCUT2D eigenvalue weighted by Gasteiger charge is 2.42. The summed E-state index contributed by atoms with van der Waals surface area (Å²) in [6.45, 7) is 7.36. The third-order valence-corrected chi connectivity index (χ3v) is 4.50. The smallest absolute Gasteiger partial charge is 0.411 e. The number of amides is 1. The van der Waals surface area contributed by atoms with Crippen molar-refractivity contribution in [3.8, 4) is 5.75 Å². The number of hydrogen-bond donors (Lipinski definition) is 1. The average molecular weight is 400 g/mol. The normalized spacial score (nSPS) is 20.8. The van der Waals surface area contributed by atoms with Crippen LogP contribution in [0.15, 0.2) is 22.7 Å². The van der Waals surface area contributed by atoms with E-state index < -0.39 is 23.7 Å². The van der Waals surface area contributed by atoms with Gasteiger partial charge in [0.25, 0.3) is 0 Å². The quantitative estimate of drug-likeness (QED) is 0.839. The molecule has 0 aliphatic carbocycles. The first-order valence-electron chi connectivity index (χ1n) is 7.72. The van der Waals surface area contributed by atoms with E-state index in [-0.39, 0.29) is 19.1 Å². The Morgan fingerprint density at radius 3 is 2.54 bits per heavy atom. The molecule has 7 heteroatoms. The molecular weight excluding hydrogens is 378 g/mol. The van der Waals surface area contributed by atoms with Gasteiger partial charge in [-0.2, -0.15) is 0 Å². The van der Waals surface area contributed by atoms with Crippen LogP contribution in [0.2, 0.25) is 0 Å². The first-order valence-corrected chi connectivity index (χ1v) is 8.51. The lowest BCUT2D eigenvalue weighted by molar-refractivity contribution is -0.142. The van der Waals surface area contributed by atoms with E-state index in [4.69, 9.17) is 9.47 Å². The summed E-state index contributed by atoms with van der Waals surface area (Å²) in [5, 5.41) is 9.38. The molecule has 132 valence electrons. The number of carbonyl (C=O) groups is 2. The predicted octanol–water partition coefficient (Wildman–Crippen LogP) is 3.60. The molecule has 0 unspecified atom stereocenters. The van der Waals surface area contributed by atoms with Crippen LogP contribution in [0.5, 0.6) is 5.75 Å². The Balaban J connectivity index is 2.10. The van der Waals surface area contributed by atoms with Crippen LogP contribution in [0.3, 0.4) is 0 Å². The molecule has 6 nitrogen and oxygen atoms in total. The number of benzene rings is 1. The highest BCUT2D eigenvalue weighted by Crippen LogP contribution is 2.27. The fourth-order valence-corrected chi connectivity index (χ4v) is 2.77. The van der Waals surface area contributed by atoms with Crippen LogP contribution >= 0.6 is 15.9 Å². The van der Waals surface area contributed by atoms with Crippen molar-refractivity contribution in [1.29, 1.82) is 0 Å². The fraction of sp³-hybridized carbons (Fsp3) is 0.529. The first kappa shape index (κ1) is 18.6. The van der Waals surface area contributed by atoms with Crippen LogP contribution < -0.4 is 4.74 Å². The van der Waals surface area contributed by atoms with Gasteiger partial charge in [-0.05, 0) is 51.5 Å². The molecule has 0 bridgehead atoms. The second-order valence-electron chi connectivity index (χ2n) is 6.87. The first-order chi connectivity index (χ1) is 11.1. The molecule has 0 radical (unpaired) electrons. The van der Waals surface area contributed by atoms with Crippen molar-refractivity contribution < 1.29 is 24.2 Å². The summed E-state index contributed by atoms with van der Waals surface area (Å²) in [4.78, 5) is 24.9. The van der Waals surface area contributed by atoms with E-state index in [1.165, 1.54) is 4.90 Å². The number of halogens is 1. The minimum atomic E-state index is -1.06. The zero-order valence-corrected chi connectivity index (χ0v) is 15.8. The number of likely N-dealkylation sites (tertiary alicyclic amines) is 1. The SMILES string of the molecule is Cc1cc(O[C@@H]2C[C@@H](C(=O)O)N(C(=O)OC(C)(C)C)C2)ccc1Br. The number of hydrogen-bond acceptors (Lipinski definition) is 4. The summed E-state index contributed by atoms with van der Waals surface area (Å²) in [6, 6.07) is 4.61. The van der Waals surface area contributed by atoms with Gasteiger partial charge in [-0.25, -0.2) is 9.59 Å². The molecule has 1 aromatic rings. The minimum Gasteiger partial charge on any atom is -0.488 e. The topological polar surface area (TPSA) is 76.1 Å². The summed E-state index contributed by atoms with van der Waals surface area (Å²) in [7, 11) is 0. The Morgan fingerprint density at radius 2 is 2.00 bits per heavy atom. The van der Waals surface area contributed by atoms with E-state index in [0.717, 1.165) is 10.0 Å². The number of carboxylic acids is 1. The minimum absolute atomic E-state index is 0.182. The number of ether oxygens (including phenoxy) is 2. The maximum absolute atomic E-state index is 12.3. The summed E-state index contributed by atoms with van der Waals surface area (Å²) in [6.07, 6.45) is -0.795. The molecule has 1 N–H and O–H groups in total. The van der Waals surface area contributed by atoms with Gasteiger partial charge in [-0.1, -0.05) is 15.9 Å². The van der Waals surface area contributed by atoms with Crippen molar-refractivity contribution in [1.82, 2.24) is 4.90 Å². The monoisotopic (exact) mass is 399 g/mol. The number of aliphatic carboxylic acids is 1. The van der Waals surface area contributed by atoms with Crippen molar-refractivity contribution in [2.24, 2.45) is 0 Å². The zero-order chi connectivity index (χ0) is 18.1. The van der Waals surface area contributed by atoms with Crippen LogP contribution in [-0.4, -0.2) is 46.4 Å². The Bertz CT molecular complexity index is 640. The number of aryl methyl sites for hydroxylation is 1. The van der Waals surface area contributed by atoms with Crippen LogP contribution in [0, 0.1) is 6.92 Å². The van der Waals surface area contributed by atoms with Gasteiger partial charge in [-0.15, -0.1) is 0 Å². The molecule has 1 aliphatic heterocycles. The number of rotatable bonds is 3. The average Bonchev–Trinajstić information content (AvgIpc) is 2.85. The van der Waals surface area contributed by atoms with E-state index in [1.54, 1.807) is 20.8 Å². The second kappa shape index (κ2) is 7.01. The van der Waals surface area contributed by atoms with Gasteiger partial charge in [0.05, 0.1) is 6.54 Å². The van der Waals surface area contributed by atoms with E-state index in [1.807, 2.05) is 25.1 Å². The zero-order valence-electron chi connectivity index (χ0n) is 14.2. The van der Waals surface area contributed by atoms with Gasteiger partial charge in [0.15, 0.2) is 0 Å². The van der Waals surface area contributed by atoms with E-state index >= 15 is 0 Å².